The van der Waals surface area contributed by atoms with Crippen molar-refractivity contribution in [2.75, 3.05) is 11.1 Å². The van der Waals surface area contributed by atoms with E-state index in [1.54, 1.807) is 43.3 Å². The van der Waals surface area contributed by atoms with E-state index < -0.39 is 5.97 Å². The van der Waals surface area contributed by atoms with Gasteiger partial charge in [-0.15, -0.1) is 0 Å². The van der Waals surface area contributed by atoms with E-state index in [1.807, 2.05) is 0 Å². The number of para-hydroxylation sites is 1. The minimum Gasteiger partial charge on any atom is -0.545 e. The van der Waals surface area contributed by atoms with E-state index in [1.165, 1.54) is 6.07 Å². The molecule has 2 rings (SSSR count). The number of aromatic carboxylic acids is 1. The second-order valence-electron chi connectivity index (χ2n) is 4.31. The summed E-state index contributed by atoms with van der Waals surface area (Å²) in [6, 6.07) is 11.3. The summed E-state index contributed by atoms with van der Waals surface area (Å²) in [5.74, 6) is -1.67. The van der Waals surface area contributed by atoms with Crippen molar-refractivity contribution >= 4 is 23.3 Å². The molecule has 0 fully saturated rings. The molecule has 0 unspecified atom stereocenters. The van der Waals surface area contributed by atoms with Gasteiger partial charge in [0.2, 0.25) is 0 Å². The SMILES string of the molecule is Cc1c(NC(=O)c2ccccc2N)cccc1C(=O)[O-]. The highest BCUT2D eigenvalue weighted by molar-refractivity contribution is 6.08. The van der Waals surface area contributed by atoms with E-state index in [-0.39, 0.29) is 11.5 Å². The first-order chi connectivity index (χ1) is 9.50. The molecular formula is C15H13N2O3-. The van der Waals surface area contributed by atoms with Crippen LogP contribution in [0.4, 0.5) is 11.4 Å². The molecule has 5 nitrogen and oxygen atoms in total. The van der Waals surface area contributed by atoms with Gasteiger partial charge in [0.15, 0.2) is 0 Å². The fourth-order valence-corrected chi connectivity index (χ4v) is 1.89. The maximum atomic E-state index is 12.1. The molecule has 102 valence electrons. The topological polar surface area (TPSA) is 95.2 Å². The summed E-state index contributed by atoms with van der Waals surface area (Å²) in [6.45, 7) is 1.61. The third-order valence-corrected chi connectivity index (χ3v) is 3.01. The normalized spacial score (nSPS) is 10.1. The highest BCUT2D eigenvalue weighted by atomic mass is 16.4. The Labute approximate surface area is 116 Å². The number of benzene rings is 2. The zero-order valence-corrected chi connectivity index (χ0v) is 10.8. The molecule has 0 saturated carbocycles. The van der Waals surface area contributed by atoms with Gasteiger partial charge in [-0.05, 0) is 30.7 Å². The minimum atomic E-state index is -1.28. The number of nitrogens with one attached hydrogen (secondary N) is 1. The second kappa shape index (κ2) is 5.44. The van der Waals surface area contributed by atoms with Crippen LogP contribution in [-0.2, 0) is 0 Å². The highest BCUT2D eigenvalue weighted by Gasteiger charge is 2.11. The number of carbonyl (C=O) groups is 2. The molecule has 5 heteroatoms. The van der Waals surface area contributed by atoms with Gasteiger partial charge in [0.25, 0.3) is 5.91 Å². The van der Waals surface area contributed by atoms with Gasteiger partial charge < -0.3 is 21.0 Å². The maximum absolute atomic E-state index is 12.1. The molecule has 0 aliphatic carbocycles. The number of carboxylic acid groups (broad SMARTS) is 1. The number of amides is 1. The van der Waals surface area contributed by atoms with Gasteiger partial charge in [0, 0.05) is 16.9 Å². The van der Waals surface area contributed by atoms with Crippen molar-refractivity contribution in [3.8, 4) is 0 Å². The van der Waals surface area contributed by atoms with E-state index in [4.69, 9.17) is 5.73 Å². The van der Waals surface area contributed by atoms with Gasteiger partial charge in [-0.2, -0.15) is 0 Å². The molecule has 0 heterocycles. The van der Waals surface area contributed by atoms with Crippen LogP contribution in [0.15, 0.2) is 42.5 Å². The Morgan fingerprint density at radius 2 is 1.70 bits per heavy atom. The van der Waals surface area contributed by atoms with Gasteiger partial charge in [-0.25, -0.2) is 0 Å². The zero-order valence-electron chi connectivity index (χ0n) is 10.8. The molecule has 0 bridgehead atoms. The fraction of sp³-hybridized carbons (Fsp3) is 0.0667. The number of anilines is 2. The predicted octanol–water partition coefficient (Wildman–Crippen LogP) is 1.19. The van der Waals surface area contributed by atoms with Gasteiger partial charge in [-0.3, -0.25) is 4.79 Å². The maximum Gasteiger partial charge on any atom is 0.257 e. The largest absolute Gasteiger partial charge is 0.545 e. The summed E-state index contributed by atoms with van der Waals surface area (Å²) in [5.41, 5.74) is 7.33. The molecular weight excluding hydrogens is 256 g/mol. The van der Waals surface area contributed by atoms with Crippen LogP contribution in [-0.4, -0.2) is 11.9 Å². The second-order valence-corrected chi connectivity index (χ2v) is 4.31. The molecule has 0 saturated heterocycles. The summed E-state index contributed by atoms with van der Waals surface area (Å²) in [6.07, 6.45) is 0. The van der Waals surface area contributed by atoms with Crippen molar-refractivity contribution in [1.29, 1.82) is 0 Å². The molecule has 0 aromatic heterocycles. The van der Waals surface area contributed by atoms with Crippen LogP contribution in [0.25, 0.3) is 0 Å². The van der Waals surface area contributed by atoms with Crippen LogP contribution in [0.2, 0.25) is 0 Å². The van der Waals surface area contributed by atoms with Crippen LogP contribution in [0.1, 0.15) is 26.3 Å². The molecule has 2 aromatic rings. The van der Waals surface area contributed by atoms with Gasteiger partial charge in [0.1, 0.15) is 0 Å². The van der Waals surface area contributed by atoms with Crippen LogP contribution in [0.3, 0.4) is 0 Å². The smallest absolute Gasteiger partial charge is 0.257 e. The van der Waals surface area contributed by atoms with E-state index in [2.05, 4.69) is 5.32 Å². The molecule has 0 atom stereocenters. The van der Waals surface area contributed by atoms with Crippen LogP contribution in [0.5, 0.6) is 0 Å². The summed E-state index contributed by atoms with van der Waals surface area (Å²) in [7, 11) is 0. The average molecular weight is 269 g/mol. The summed E-state index contributed by atoms with van der Waals surface area (Å²) >= 11 is 0. The number of rotatable bonds is 3. The van der Waals surface area contributed by atoms with Gasteiger partial charge in [-0.1, -0.05) is 24.3 Å². The van der Waals surface area contributed by atoms with Crippen molar-refractivity contribution in [2.24, 2.45) is 0 Å². The number of hydrogen-bond donors (Lipinski definition) is 2. The molecule has 0 aliphatic rings. The van der Waals surface area contributed by atoms with Gasteiger partial charge in [0.05, 0.1) is 11.5 Å². The number of hydrogen-bond acceptors (Lipinski definition) is 4. The minimum absolute atomic E-state index is 0.0452. The Balaban J connectivity index is 2.32. The molecule has 1 amide bonds. The quantitative estimate of drug-likeness (QED) is 0.818. The lowest BCUT2D eigenvalue weighted by molar-refractivity contribution is -0.255. The average Bonchev–Trinajstić information content (AvgIpc) is 2.41. The predicted molar refractivity (Wildman–Crippen MR) is 74.3 cm³/mol. The van der Waals surface area contributed by atoms with Crippen molar-refractivity contribution in [2.45, 2.75) is 6.92 Å². The Morgan fingerprint density at radius 3 is 2.35 bits per heavy atom. The first-order valence-electron chi connectivity index (χ1n) is 5.97. The first-order valence-corrected chi connectivity index (χ1v) is 5.97. The zero-order chi connectivity index (χ0) is 14.7. The summed E-state index contributed by atoms with van der Waals surface area (Å²) in [5, 5.41) is 13.6. The number of carbonyl (C=O) groups excluding carboxylic acids is 2. The van der Waals surface area contributed by atoms with Gasteiger partial charge >= 0.3 is 0 Å². The Kier molecular flexibility index (Phi) is 3.70. The summed E-state index contributed by atoms with van der Waals surface area (Å²) in [4.78, 5) is 23.1. The molecule has 0 radical (unpaired) electrons. The van der Waals surface area contributed by atoms with Crippen molar-refractivity contribution in [3.63, 3.8) is 0 Å². The Bertz CT molecular complexity index is 681. The number of carboxylic acids is 1. The molecule has 0 aliphatic heterocycles. The highest BCUT2D eigenvalue weighted by Crippen LogP contribution is 2.20. The first kappa shape index (κ1) is 13.6. The van der Waals surface area contributed by atoms with Crippen LogP contribution in [0, 0.1) is 6.92 Å². The van der Waals surface area contributed by atoms with Crippen LogP contribution < -0.4 is 16.2 Å². The Hall–Kier alpha value is -2.82. The lowest BCUT2D eigenvalue weighted by atomic mass is 10.1. The molecule has 0 spiro atoms. The number of nitrogen functional groups attached to an aromatic ring is 1. The van der Waals surface area contributed by atoms with Crippen molar-refractivity contribution in [1.82, 2.24) is 0 Å². The lowest BCUT2D eigenvalue weighted by Crippen LogP contribution is -2.24. The summed E-state index contributed by atoms with van der Waals surface area (Å²) < 4.78 is 0. The van der Waals surface area contributed by atoms with Crippen molar-refractivity contribution < 1.29 is 14.7 Å². The Morgan fingerprint density at radius 1 is 1.05 bits per heavy atom. The monoisotopic (exact) mass is 269 g/mol. The fourth-order valence-electron chi connectivity index (χ4n) is 1.89. The van der Waals surface area contributed by atoms with Crippen molar-refractivity contribution in [3.05, 3.63) is 59.2 Å². The molecule has 20 heavy (non-hydrogen) atoms. The molecule has 3 N–H and O–H groups in total. The third kappa shape index (κ3) is 2.61. The van der Waals surface area contributed by atoms with E-state index in [9.17, 15) is 14.7 Å². The lowest BCUT2D eigenvalue weighted by Gasteiger charge is -2.13. The van der Waals surface area contributed by atoms with E-state index in [0.29, 0.717) is 22.5 Å². The van der Waals surface area contributed by atoms with E-state index in [0.717, 1.165) is 0 Å². The standard InChI is InChI=1S/C15H14N2O3/c1-9-10(15(19)20)6-4-8-13(9)17-14(18)11-5-2-3-7-12(11)16/h2-8H,16H2,1H3,(H,17,18)(H,19,20)/p-1. The van der Waals surface area contributed by atoms with E-state index >= 15 is 0 Å². The number of nitrogens with two attached hydrogens (primary N) is 1. The third-order valence-electron chi connectivity index (χ3n) is 3.01. The molecule has 2 aromatic carbocycles. The van der Waals surface area contributed by atoms with Crippen LogP contribution >= 0.6 is 0 Å².